The van der Waals surface area contributed by atoms with Crippen molar-refractivity contribution in [3.8, 4) is 0 Å². The van der Waals surface area contributed by atoms with Crippen LogP contribution in [0.25, 0.3) is 0 Å². The second-order valence-corrected chi connectivity index (χ2v) is 3.10. The number of halogens is 4. The quantitative estimate of drug-likeness (QED) is 0.737. The summed E-state index contributed by atoms with van der Waals surface area (Å²) >= 11 is 3.00. The van der Waals surface area contributed by atoms with Crippen LogP contribution in [0.5, 0.6) is 0 Å². The van der Waals surface area contributed by atoms with Crippen LogP contribution in [-0.2, 0) is 5.33 Å². The van der Waals surface area contributed by atoms with Crippen molar-refractivity contribution in [3.05, 3.63) is 28.8 Å². The lowest BCUT2D eigenvalue weighted by Gasteiger charge is -2.06. The molecule has 0 saturated carbocycles. The predicted molar refractivity (Wildman–Crippen MR) is 46.5 cm³/mol. The van der Waals surface area contributed by atoms with Gasteiger partial charge in [-0.15, -0.1) is 0 Å². The van der Waals surface area contributed by atoms with E-state index in [1.54, 1.807) is 0 Å². The van der Waals surface area contributed by atoms with Gasteiger partial charge in [-0.2, -0.15) is 0 Å². The number of hydrogen-bond donors (Lipinski definition) is 0. The fraction of sp³-hybridized carbons (Fsp3) is 0.375. The van der Waals surface area contributed by atoms with Gasteiger partial charge in [0, 0.05) is 5.33 Å². The number of pyridine rings is 1. The minimum atomic E-state index is -2.66. The maximum Gasteiger partial charge on any atom is 0.280 e. The largest absolute Gasteiger partial charge is 0.280 e. The number of alkyl halides is 3. The molecule has 72 valence electrons. The van der Waals surface area contributed by atoms with E-state index in [0.29, 0.717) is 0 Å². The Balaban J connectivity index is 3.25. The second-order valence-electron chi connectivity index (χ2n) is 2.53. The fourth-order valence-corrected chi connectivity index (χ4v) is 1.38. The maximum absolute atomic E-state index is 12.9. The van der Waals surface area contributed by atoms with Crippen molar-refractivity contribution in [3.63, 3.8) is 0 Å². The molecule has 0 aromatic carbocycles. The van der Waals surface area contributed by atoms with E-state index in [9.17, 15) is 13.2 Å². The monoisotopic (exact) mass is 253 g/mol. The number of hydrogen-bond acceptors (Lipinski definition) is 1. The molecule has 0 fully saturated rings. The maximum atomic E-state index is 12.9. The SMILES string of the molecule is Cc1nc(C(F)F)c(CBr)cc1F. The summed E-state index contributed by atoms with van der Waals surface area (Å²) in [4.78, 5) is 3.49. The highest BCUT2D eigenvalue weighted by Crippen LogP contribution is 2.24. The van der Waals surface area contributed by atoms with Crippen LogP contribution in [0.3, 0.4) is 0 Å². The molecule has 0 aliphatic heterocycles. The molecular weight excluding hydrogens is 247 g/mol. The van der Waals surface area contributed by atoms with Gasteiger partial charge >= 0.3 is 0 Å². The van der Waals surface area contributed by atoms with Crippen molar-refractivity contribution >= 4 is 15.9 Å². The van der Waals surface area contributed by atoms with Gasteiger partial charge in [-0.05, 0) is 18.6 Å². The lowest BCUT2D eigenvalue weighted by Crippen LogP contribution is -2.01. The summed E-state index contributed by atoms with van der Waals surface area (Å²) in [6.45, 7) is 1.36. The van der Waals surface area contributed by atoms with Crippen molar-refractivity contribution in [2.24, 2.45) is 0 Å². The van der Waals surface area contributed by atoms with Crippen LogP contribution in [-0.4, -0.2) is 4.98 Å². The Bertz CT molecular complexity index is 315. The van der Waals surface area contributed by atoms with Crippen molar-refractivity contribution in [2.45, 2.75) is 18.7 Å². The molecule has 0 amide bonds. The van der Waals surface area contributed by atoms with Gasteiger partial charge in [0.1, 0.15) is 11.5 Å². The van der Waals surface area contributed by atoms with Gasteiger partial charge in [0.25, 0.3) is 6.43 Å². The molecule has 0 aliphatic carbocycles. The Morgan fingerprint density at radius 2 is 2.15 bits per heavy atom. The van der Waals surface area contributed by atoms with Gasteiger partial charge in [-0.25, -0.2) is 18.2 Å². The van der Waals surface area contributed by atoms with E-state index >= 15 is 0 Å². The van der Waals surface area contributed by atoms with Gasteiger partial charge in [-0.3, -0.25) is 0 Å². The summed E-state index contributed by atoms with van der Waals surface area (Å²) in [5, 5.41) is 0.177. The molecule has 1 aromatic rings. The van der Waals surface area contributed by atoms with Crippen LogP contribution in [0.15, 0.2) is 6.07 Å². The Kier molecular flexibility index (Phi) is 3.30. The average molecular weight is 254 g/mol. The standard InChI is InChI=1S/C8H7BrF3N/c1-4-6(10)2-5(3-9)7(13-4)8(11)12/h2,8H,3H2,1H3. The van der Waals surface area contributed by atoms with Crippen molar-refractivity contribution < 1.29 is 13.2 Å². The van der Waals surface area contributed by atoms with Gasteiger partial charge in [0.05, 0.1) is 5.69 Å². The first-order valence-electron chi connectivity index (χ1n) is 3.56. The highest BCUT2D eigenvalue weighted by molar-refractivity contribution is 9.08. The van der Waals surface area contributed by atoms with E-state index in [1.165, 1.54) is 6.92 Å². The van der Waals surface area contributed by atoms with Crippen LogP contribution in [0.1, 0.15) is 23.4 Å². The average Bonchev–Trinajstić information content (AvgIpc) is 2.08. The summed E-state index contributed by atoms with van der Waals surface area (Å²) in [5.74, 6) is -0.557. The molecule has 5 heteroatoms. The van der Waals surface area contributed by atoms with Crippen LogP contribution in [0, 0.1) is 12.7 Å². The summed E-state index contributed by atoms with van der Waals surface area (Å²) in [5.41, 5.74) is -0.158. The zero-order valence-electron chi connectivity index (χ0n) is 6.82. The first-order chi connectivity index (χ1) is 6.06. The Hall–Kier alpha value is -0.580. The van der Waals surface area contributed by atoms with Crippen LogP contribution in [0.2, 0.25) is 0 Å². The number of nitrogens with zero attached hydrogens (tertiary/aromatic N) is 1. The predicted octanol–water partition coefficient (Wildman–Crippen LogP) is 3.36. The molecular formula is C8H7BrF3N. The molecule has 0 spiro atoms. The molecule has 0 saturated heterocycles. The molecule has 0 bridgehead atoms. The van der Waals surface area contributed by atoms with E-state index in [1.807, 2.05) is 0 Å². The van der Waals surface area contributed by atoms with Crippen molar-refractivity contribution in [1.82, 2.24) is 4.98 Å². The van der Waals surface area contributed by atoms with E-state index in [0.717, 1.165) is 6.07 Å². The number of aryl methyl sites for hydroxylation is 1. The second kappa shape index (κ2) is 4.09. The van der Waals surface area contributed by atoms with Gasteiger partial charge < -0.3 is 0 Å². The molecule has 0 radical (unpaired) electrons. The zero-order valence-corrected chi connectivity index (χ0v) is 8.41. The van der Waals surface area contributed by atoms with Crippen LogP contribution in [0.4, 0.5) is 13.2 Å². The van der Waals surface area contributed by atoms with Gasteiger partial charge in [0.2, 0.25) is 0 Å². The van der Waals surface area contributed by atoms with Gasteiger partial charge in [0.15, 0.2) is 0 Å². The number of aromatic nitrogens is 1. The molecule has 1 heterocycles. The van der Waals surface area contributed by atoms with Gasteiger partial charge in [-0.1, -0.05) is 15.9 Å². The molecule has 0 unspecified atom stereocenters. The minimum Gasteiger partial charge on any atom is -0.249 e. The lowest BCUT2D eigenvalue weighted by molar-refractivity contribution is 0.144. The smallest absolute Gasteiger partial charge is 0.249 e. The van der Waals surface area contributed by atoms with Crippen molar-refractivity contribution in [2.75, 3.05) is 0 Å². The molecule has 1 rings (SSSR count). The third-order valence-corrected chi connectivity index (χ3v) is 2.22. The topological polar surface area (TPSA) is 12.9 Å². The molecule has 1 nitrogen and oxygen atoms in total. The van der Waals surface area contributed by atoms with Crippen LogP contribution < -0.4 is 0 Å². The molecule has 0 atom stereocenters. The van der Waals surface area contributed by atoms with Crippen LogP contribution >= 0.6 is 15.9 Å². The molecule has 1 aromatic heterocycles. The number of rotatable bonds is 2. The summed E-state index contributed by atoms with van der Waals surface area (Å²) in [6, 6.07) is 1.08. The van der Waals surface area contributed by atoms with E-state index in [4.69, 9.17) is 0 Å². The zero-order chi connectivity index (χ0) is 10.0. The first kappa shape index (κ1) is 10.5. The summed E-state index contributed by atoms with van der Waals surface area (Å²) in [7, 11) is 0. The highest BCUT2D eigenvalue weighted by atomic mass is 79.9. The first-order valence-corrected chi connectivity index (χ1v) is 4.68. The van der Waals surface area contributed by atoms with E-state index < -0.39 is 12.2 Å². The Labute approximate surface area is 82.1 Å². The molecule has 13 heavy (non-hydrogen) atoms. The molecule has 0 N–H and O–H groups in total. The third-order valence-electron chi connectivity index (χ3n) is 1.61. The van der Waals surface area contributed by atoms with E-state index in [-0.39, 0.29) is 22.3 Å². The lowest BCUT2D eigenvalue weighted by atomic mass is 10.2. The summed E-state index contributed by atoms with van der Waals surface area (Å²) in [6.07, 6.45) is -2.66. The van der Waals surface area contributed by atoms with Crippen molar-refractivity contribution in [1.29, 1.82) is 0 Å². The Morgan fingerprint density at radius 1 is 1.54 bits per heavy atom. The molecule has 0 aliphatic rings. The normalized spacial score (nSPS) is 10.9. The minimum absolute atomic E-state index is 0.000000000000000222. The Morgan fingerprint density at radius 3 is 2.62 bits per heavy atom. The highest BCUT2D eigenvalue weighted by Gasteiger charge is 2.16. The fourth-order valence-electron chi connectivity index (χ4n) is 0.933. The summed E-state index contributed by atoms with van der Waals surface area (Å²) < 4.78 is 37.5. The third kappa shape index (κ3) is 2.21. The van der Waals surface area contributed by atoms with E-state index in [2.05, 4.69) is 20.9 Å².